The van der Waals surface area contributed by atoms with Gasteiger partial charge >= 0.3 is 88.7 Å². The molecule has 27 heteroatoms. The number of aliphatic hydroxyl groups is 1. The number of phenolic OH excluding ortho intramolecular Hbond substituents is 1. The minimum Gasteiger partial charge on any atom is -0.744 e. The Kier molecular flexibility index (Phi) is 16.7. The number of non-ortho nitro benzene ring substituents is 1. The van der Waals surface area contributed by atoms with Crippen LogP contribution in [-0.4, -0.2) is 64.3 Å². The van der Waals surface area contributed by atoms with Gasteiger partial charge in [-0.1, -0.05) is 0 Å². The van der Waals surface area contributed by atoms with Gasteiger partial charge in [-0.05, 0) is 60.0 Å². The van der Waals surface area contributed by atoms with Crippen LogP contribution in [0.1, 0.15) is 5.56 Å². The van der Waals surface area contributed by atoms with Gasteiger partial charge in [0.15, 0.2) is 11.5 Å². The van der Waals surface area contributed by atoms with Gasteiger partial charge in [0.1, 0.15) is 47.5 Å². The Morgan fingerprint density at radius 1 is 0.643 bits per heavy atom. The number of anilines is 2. The molecular weight excluding hydrogens is 838 g/mol. The molecule has 0 fully saturated rings. The number of aliphatic hydroxyl groups excluding tert-OH is 1. The Labute approximate surface area is 382 Å². The molecule has 0 aliphatic carbocycles. The zero-order chi connectivity index (χ0) is 39.0. The maximum Gasteiger partial charge on any atom is 1.00 e. The third-order valence-corrected chi connectivity index (χ3v) is 9.65. The Morgan fingerprint density at radius 2 is 1.16 bits per heavy atom. The van der Waals surface area contributed by atoms with Crippen LogP contribution in [0, 0.1) is 10.1 Å². The number of benzene rings is 5. The van der Waals surface area contributed by atoms with Crippen molar-refractivity contribution in [3.05, 3.63) is 88.5 Å². The van der Waals surface area contributed by atoms with Gasteiger partial charge in [0.25, 0.3) is 5.69 Å². The molecular formula is C29H19N6Na3O15S3. The molecule has 0 unspecified atom stereocenters. The SMILES string of the molecule is O=[N+]([O-])c1ccc(Nc2ccc(N=Nc3cc(N=Nc4cc(S(=O)(=O)[O-])cc5cc(S(=O)(=O)[O-])cc(O)c45)c(O)c(CO)c3O)cc2)c(S(=O)(=O)[O-])c1.[Na+].[Na+].[Na+]. The largest absolute Gasteiger partial charge is 1.00 e. The molecule has 0 spiro atoms. The van der Waals surface area contributed by atoms with Crippen molar-refractivity contribution in [3.63, 3.8) is 0 Å². The average Bonchev–Trinajstić information content (AvgIpc) is 3.06. The maximum atomic E-state index is 11.8. The van der Waals surface area contributed by atoms with E-state index in [0.29, 0.717) is 30.3 Å². The first-order valence-electron chi connectivity index (χ1n) is 14.0. The minimum absolute atomic E-state index is 0. The standard InChI is InChI=1S/C29H22N6O15S3.3Na/c36-13-20-28(38)23(33-31-16-3-1-15(2-4-16)30-21-6-5-17(35(40)41)9-26(21)53(48,49)50)12-24(29(20)39)34-32-22-10-18(51(42,43)44)7-14-8-19(52(45,46)47)11-25(37)27(14)22;;;/h1-12,30,36-39H,13H2,(H,42,43,44)(H,45,46,47)(H,48,49,50);;;/q;3*+1/p-3. The van der Waals surface area contributed by atoms with Crippen LogP contribution in [0.3, 0.4) is 0 Å². The number of phenols is 3. The van der Waals surface area contributed by atoms with E-state index in [1.54, 1.807) is 0 Å². The van der Waals surface area contributed by atoms with Crippen molar-refractivity contribution in [2.45, 2.75) is 21.3 Å². The van der Waals surface area contributed by atoms with E-state index in [9.17, 15) is 69.5 Å². The third kappa shape index (κ3) is 11.3. The number of nitro groups is 1. The fourth-order valence-electron chi connectivity index (χ4n) is 4.69. The van der Waals surface area contributed by atoms with Crippen molar-refractivity contribution in [2.75, 3.05) is 5.32 Å². The number of nitrogens with one attached hydrogen (secondary N) is 1. The molecule has 0 aliphatic heterocycles. The van der Waals surface area contributed by atoms with Crippen LogP contribution in [-0.2, 0) is 37.0 Å². The first kappa shape index (κ1) is 49.0. The predicted octanol–water partition coefficient (Wildman–Crippen LogP) is -4.34. The van der Waals surface area contributed by atoms with Crippen molar-refractivity contribution in [1.29, 1.82) is 0 Å². The monoisotopic (exact) mass is 856 g/mol. The number of aromatic hydroxyl groups is 3. The molecule has 5 aromatic carbocycles. The summed E-state index contributed by atoms with van der Waals surface area (Å²) in [5.41, 5.74) is -2.56. The summed E-state index contributed by atoms with van der Waals surface area (Å²) in [5.74, 6) is -2.47. The van der Waals surface area contributed by atoms with Crippen molar-refractivity contribution in [1.82, 2.24) is 0 Å². The molecule has 5 rings (SSSR count). The molecule has 0 saturated heterocycles. The van der Waals surface area contributed by atoms with E-state index in [-0.39, 0.29) is 111 Å². The van der Waals surface area contributed by atoms with Gasteiger partial charge in [0.2, 0.25) is 0 Å². The van der Waals surface area contributed by atoms with Crippen molar-refractivity contribution in [2.24, 2.45) is 20.5 Å². The van der Waals surface area contributed by atoms with E-state index < -0.39 is 108 Å². The first-order valence-corrected chi connectivity index (χ1v) is 18.3. The fourth-order valence-corrected chi connectivity index (χ4v) is 6.40. The molecule has 0 aromatic heterocycles. The van der Waals surface area contributed by atoms with Gasteiger partial charge in [-0.3, -0.25) is 10.1 Å². The second-order valence-corrected chi connectivity index (χ2v) is 14.7. The minimum atomic E-state index is -5.22. The average molecular weight is 857 g/mol. The Balaban J connectivity index is 0.00000361. The topological polar surface area (TPSA) is 357 Å². The zero-order valence-electron chi connectivity index (χ0n) is 28.9. The van der Waals surface area contributed by atoms with E-state index >= 15 is 0 Å². The number of hydrogen-bond acceptors (Lipinski definition) is 20. The summed E-state index contributed by atoms with van der Waals surface area (Å²) in [4.78, 5) is 7.37. The molecule has 5 N–H and O–H groups in total. The van der Waals surface area contributed by atoms with Crippen LogP contribution in [0.15, 0.2) is 108 Å². The van der Waals surface area contributed by atoms with E-state index in [2.05, 4.69) is 25.8 Å². The van der Waals surface area contributed by atoms with E-state index in [1.165, 1.54) is 24.3 Å². The third-order valence-electron chi connectivity index (χ3n) is 7.15. The summed E-state index contributed by atoms with van der Waals surface area (Å²) in [6, 6.07) is 11.5. The second kappa shape index (κ2) is 19.1. The maximum absolute atomic E-state index is 11.8. The molecule has 0 radical (unpaired) electrons. The molecule has 0 saturated carbocycles. The Morgan fingerprint density at radius 3 is 1.66 bits per heavy atom. The summed E-state index contributed by atoms with van der Waals surface area (Å²) in [5, 5.41) is 69.9. The molecule has 276 valence electrons. The molecule has 0 heterocycles. The van der Waals surface area contributed by atoms with Crippen LogP contribution >= 0.6 is 0 Å². The van der Waals surface area contributed by atoms with Crippen LogP contribution in [0.2, 0.25) is 0 Å². The van der Waals surface area contributed by atoms with Gasteiger partial charge in [-0.15, -0.1) is 15.3 Å². The first-order chi connectivity index (χ1) is 24.7. The van der Waals surface area contributed by atoms with Crippen LogP contribution in [0.25, 0.3) is 10.8 Å². The summed E-state index contributed by atoms with van der Waals surface area (Å²) >= 11 is 0. The summed E-state index contributed by atoms with van der Waals surface area (Å²) in [6.45, 7) is -0.978. The van der Waals surface area contributed by atoms with Crippen molar-refractivity contribution in [3.8, 4) is 17.2 Å². The number of fused-ring (bicyclic) bond motifs is 1. The van der Waals surface area contributed by atoms with Crippen molar-refractivity contribution < 1.29 is 153 Å². The quantitative estimate of drug-likeness (QED) is 0.0276. The van der Waals surface area contributed by atoms with Gasteiger partial charge < -0.3 is 39.4 Å². The van der Waals surface area contributed by atoms with Crippen molar-refractivity contribution >= 4 is 80.9 Å². The number of rotatable bonds is 11. The van der Waals surface area contributed by atoms with Gasteiger partial charge in [0, 0.05) is 23.9 Å². The second-order valence-electron chi connectivity index (χ2n) is 10.6. The number of nitrogens with zero attached hydrogens (tertiary/aromatic N) is 5. The molecule has 0 amide bonds. The number of azo groups is 2. The van der Waals surface area contributed by atoms with Gasteiger partial charge in [-0.25, -0.2) is 25.3 Å². The molecule has 0 atom stereocenters. The summed E-state index contributed by atoms with van der Waals surface area (Å²) in [7, 11) is -15.5. The van der Waals surface area contributed by atoms with Gasteiger partial charge in [0.05, 0.1) is 54.2 Å². The summed E-state index contributed by atoms with van der Waals surface area (Å²) in [6.07, 6.45) is 0. The van der Waals surface area contributed by atoms with Crippen LogP contribution in [0.4, 0.5) is 39.8 Å². The normalized spacial score (nSPS) is 11.9. The predicted molar refractivity (Wildman–Crippen MR) is 176 cm³/mol. The Hall–Kier alpha value is -3.15. The number of hydrogen-bond donors (Lipinski definition) is 5. The van der Waals surface area contributed by atoms with Gasteiger partial charge in [-0.2, -0.15) is 5.11 Å². The number of nitro benzene ring substituents is 1. The van der Waals surface area contributed by atoms with E-state index in [0.717, 1.165) is 18.2 Å². The van der Waals surface area contributed by atoms with Crippen LogP contribution in [0.5, 0.6) is 17.2 Å². The summed E-state index contributed by atoms with van der Waals surface area (Å²) < 4.78 is 105. The molecule has 56 heavy (non-hydrogen) atoms. The van der Waals surface area contributed by atoms with E-state index in [1.807, 2.05) is 0 Å². The zero-order valence-corrected chi connectivity index (χ0v) is 37.3. The van der Waals surface area contributed by atoms with Crippen LogP contribution < -0.4 is 94.0 Å². The smallest absolute Gasteiger partial charge is 0.744 e. The Bertz CT molecular complexity index is 2730. The fraction of sp³-hybridized carbons (Fsp3) is 0.0345. The van der Waals surface area contributed by atoms with E-state index in [4.69, 9.17) is 0 Å². The molecule has 0 bridgehead atoms. The molecule has 5 aromatic rings. The molecule has 0 aliphatic rings. The molecule has 21 nitrogen and oxygen atoms in total.